The summed E-state index contributed by atoms with van der Waals surface area (Å²) in [5.74, 6) is 0.965. The van der Waals surface area contributed by atoms with Crippen molar-refractivity contribution in [3.63, 3.8) is 0 Å². The molecule has 2 aromatic carbocycles. The molecule has 2 aromatic rings. The van der Waals surface area contributed by atoms with E-state index in [9.17, 15) is 10.1 Å². The molecule has 4 heteroatoms. The van der Waals surface area contributed by atoms with E-state index in [1.54, 1.807) is 0 Å². The molecule has 3 atom stereocenters. The summed E-state index contributed by atoms with van der Waals surface area (Å²) in [5, 5.41) is 15.7. The van der Waals surface area contributed by atoms with Crippen LogP contribution in [0.4, 0.5) is 0 Å². The van der Waals surface area contributed by atoms with Crippen LogP contribution in [-0.2, 0) is 6.54 Å². The highest BCUT2D eigenvalue weighted by molar-refractivity contribution is 5.94. The predicted molar refractivity (Wildman–Crippen MR) is 100 cm³/mol. The third-order valence-corrected chi connectivity index (χ3v) is 5.31. The van der Waals surface area contributed by atoms with Gasteiger partial charge in [0.15, 0.2) is 0 Å². The lowest BCUT2D eigenvalue weighted by Gasteiger charge is -2.10. The van der Waals surface area contributed by atoms with Gasteiger partial charge in [0, 0.05) is 24.1 Å². The second kappa shape index (κ2) is 7.31. The van der Waals surface area contributed by atoms with Crippen LogP contribution in [-0.4, -0.2) is 18.0 Å². The van der Waals surface area contributed by atoms with Crippen LogP contribution < -0.4 is 10.6 Å². The summed E-state index contributed by atoms with van der Waals surface area (Å²) in [5.41, 5.74) is 3.02. The number of carbonyl (C=O) groups is 1. The van der Waals surface area contributed by atoms with E-state index in [0.717, 1.165) is 12.0 Å². The topological polar surface area (TPSA) is 64.9 Å². The fourth-order valence-corrected chi connectivity index (χ4v) is 3.45. The lowest BCUT2D eigenvalue weighted by atomic mass is 10.1. The van der Waals surface area contributed by atoms with Crippen LogP contribution in [0.5, 0.6) is 0 Å². The average molecular weight is 345 g/mol. The quantitative estimate of drug-likeness (QED) is 0.809. The first kappa shape index (κ1) is 16.8. The molecule has 4 rings (SSSR count). The number of nitrogens with zero attached hydrogens (tertiary/aromatic N) is 1. The van der Waals surface area contributed by atoms with Gasteiger partial charge in [-0.25, -0.2) is 0 Å². The van der Waals surface area contributed by atoms with Gasteiger partial charge in [0.25, 0.3) is 5.91 Å². The Bertz CT molecular complexity index is 806. The van der Waals surface area contributed by atoms with Gasteiger partial charge in [-0.1, -0.05) is 42.5 Å². The number of hydrogen-bond donors (Lipinski definition) is 2. The van der Waals surface area contributed by atoms with Crippen LogP contribution >= 0.6 is 0 Å². The fourth-order valence-electron chi connectivity index (χ4n) is 3.45. The van der Waals surface area contributed by atoms with Crippen molar-refractivity contribution < 1.29 is 4.79 Å². The van der Waals surface area contributed by atoms with Gasteiger partial charge < -0.3 is 5.32 Å². The average Bonchev–Trinajstić information content (AvgIpc) is 3.60. The number of carbonyl (C=O) groups excluding carboxylic acids is 1. The Morgan fingerprint density at radius 2 is 1.85 bits per heavy atom. The molecule has 0 aromatic heterocycles. The largest absolute Gasteiger partial charge is 0.348 e. The van der Waals surface area contributed by atoms with E-state index in [4.69, 9.17) is 0 Å². The van der Waals surface area contributed by atoms with Crippen molar-refractivity contribution in [3.8, 4) is 6.07 Å². The Morgan fingerprint density at radius 1 is 1.12 bits per heavy atom. The molecule has 1 unspecified atom stereocenters. The van der Waals surface area contributed by atoms with Gasteiger partial charge in [0.1, 0.15) is 0 Å². The molecule has 0 spiro atoms. The molecule has 0 aliphatic heterocycles. The third-order valence-electron chi connectivity index (χ3n) is 5.31. The van der Waals surface area contributed by atoms with Crippen molar-refractivity contribution in [2.45, 2.75) is 43.8 Å². The molecule has 0 bridgehead atoms. The zero-order chi connectivity index (χ0) is 17.9. The highest BCUT2D eigenvalue weighted by Crippen LogP contribution is 2.43. The minimum Gasteiger partial charge on any atom is -0.348 e. The summed E-state index contributed by atoms with van der Waals surface area (Å²) in [7, 11) is 0. The normalized spacial score (nSPS) is 22.3. The minimum absolute atomic E-state index is 0.00744. The first-order valence-corrected chi connectivity index (χ1v) is 9.32. The summed E-state index contributed by atoms with van der Waals surface area (Å²) < 4.78 is 0. The summed E-state index contributed by atoms with van der Waals surface area (Å²) in [6.07, 6.45) is 3.43. The Kier molecular flexibility index (Phi) is 4.73. The molecule has 0 radical (unpaired) electrons. The second-order valence-corrected chi connectivity index (χ2v) is 7.35. The smallest absolute Gasteiger partial charge is 0.251 e. The first-order chi connectivity index (χ1) is 12.7. The van der Waals surface area contributed by atoms with E-state index in [-0.39, 0.29) is 11.9 Å². The SMILES string of the molecule is N#CC(N[C@@H]1C[C@H]1c1ccc(C(=O)NCc2ccccc2)cc1)C1CC1. The molecule has 2 aliphatic carbocycles. The molecule has 26 heavy (non-hydrogen) atoms. The van der Waals surface area contributed by atoms with Gasteiger partial charge in [0.2, 0.25) is 0 Å². The number of nitrogens with one attached hydrogen (secondary N) is 2. The third kappa shape index (κ3) is 3.95. The van der Waals surface area contributed by atoms with Crippen LogP contribution in [0.15, 0.2) is 54.6 Å². The predicted octanol–water partition coefficient (Wildman–Crippen LogP) is 3.36. The highest BCUT2D eigenvalue weighted by atomic mass is 16.1. The zero-order valence-electron chi connectivity index (χ0n) is 14.7. The molecule has 2 aliphatic rings. The second-order valence-electron chi connectivity index (χ2n) is 7.35. The molecule has 0 heterocycles. The zero-order valence-corrected chi connectivity index (χ0v) is 14.7. The van der Waals surface area contributed by atoms with Crippen LogP contribution in [0.3, 0.4) is 0 Å². The van der Waals surface area contributed by atoms with Crippen LogP contribution in [0, 0.1) is 17.2 Å². The number of nitriles is 1. The van der Waals surface area contributed by atoms with Gasteiger partial charge in [-0.05, 0) is 48.4 Å². The maximum atomic E-state index is 12.3. The molecular formula is C22H23N3O. The van der Waals surface area contributed by atoms with E-state index in [1.807, 2.05) is 54.6 Å². The van der Waals surface area contributed by atoms with Crippen molar-refractivity contribution in [1.82, 2.24) is 10.6 Å². The Balaban J connectivity index is 1.30. The Morgan fingerprint density at radius 3 is 2.50 bits per heavy atom. The van der Waals surface area contributed by atoms with E-state index < -0.39 is 0 Å². The van der Waals surface area contributed by atoms with Gasteiger partial charge in [0.05, 0.1) is 12.1 Å². The standard InChI is InChI=1S/C22H23N3O/c23-13-21(17-8-9-17)25-20-12-19(20)16-6-10-18(11-7-16)22(26)24-14-15-4-2-1-3-5-15/h1-7,10-11,17,19-21,25H,8-9,12,14H2,(H,24,26)/t19-,20+,21?/m0/s1. The van der Waals surface area contributed by atoms with Crippen LogP contribution in [0.1, 0.15) is 46.7 Å². The maximum absolute atomic E-state index is 12.3. The lowest BCUT2D eigenvalue weighted by molar-refractivity contribution is 0.0951. The van der Waals surface area contributed by atoms with E-state index in [0.29, 0.717) is 30.0 Å². The number of benzene rings is 2. The van der Waals surface area contributed by atoms with Gasteiger partial charge in [-0.2, -0.15) is 5.26 Å². The minimum atomic E-state index is -0.0517. The summed E-state index contributed by atoms with van der Waals surface area (Å²) in [6.45, 7) is 0.534. The van der Waals surface area contributed by atoms with Gasteiger partial charge in [-0.3, -0.25) is 10.1 Å². The molecular weight excluding hydrogens is 322 g/mol. The molecule has 2 saturated carbocycles. The van der Waals surface area contributed by atoms with Crippen molar-refractivity contribution in [2.75, 3.05) is 0 Å². The monoisotopic (exact) mass is 345 g/mol. The number of amides is 1. The fraction of sp³-hybridized carbons (Fsp3) is 0.364. The summed E-state index contributed by atoms with van der Waals surface area (Å²) >= 11 is 0. The summed E-state index contributed by atoms with van der Waals surface area (Å²) in [6, 6.07) is 20.6. The van der Waals surface area contributed by atoms with Crippen molar-refractivity contribution in [2.24, 2.45) is 5.92 Å². The van der Waals surface area contributed by atoms with E-state index in [1.165, 1.54) is 18.4 Å². The lowest BCUT2D eigenvalue weighted by Crippen LogP contribution is -2.32. The highest BCUT2D eigenvalue weighted by Gasteiger charge is 2.42. The Labute approximate surface area is 154 Å². The molecule has 0 saturated heterocycles. The van der Waals surface area contributed by atoms with E-state index >= 15 is 0 Å². The van der Waals surface area contributed by atoms with Crippen LogP contribution in [0.2, 0.25) is 0 Å². The first-order valence-electron chi connectivity index (χ1n) is 9.32. The maximum Gasteiger partial charge on any atom is 0.251 e. The van der Waals surface area contributed by atoms with Crippen LogP contribution in [0.25, 0.3) is 0 Å². The van der Waals surface area contributed by atoms with Crippen molar-refractivity contribution >= 4 is 5.91 Å². The number of rotatable bonds is 7. The molecule has 132 valence electrons. The molecule has 4 nitrogen and oxygen atoms in total. The number of hydrogen-bond acceptors (Lipinski definition) is 3. The van der Waals surface area contributed by atoms with Gasteiger partial charge >= 0.3 is 0 Å². The Hall–Kier alpha value is -2.64. The molecule has 1 amide bonds. The van der Waals surface area contributed by atoms with Gasteiger partial charge in [-0.15, -0.1) is 0 Å². The van der Waals surface area contributed by atoms with E-state index in [2.05, 4.69) is 16.7 Å². The molecule has 2 N–H and O–H groups in total. The summed E-state index contributed by atoms with van der Waals surface area (Å²) in [4.78, 5) is 12.3. The molecule has 2 fully saturated rings. The van der Waals surface area contributed by atoms with Crippen molar-refractivity contribution in [3.05, 3.63) is 71.3 Å². The van der Waals surface area contributed by atoms with Crippen molar-refractivity contribution in [1.29, 1.82) is 5.26 Å².